The summed E-state index contributed by atoms with van der Waals surface area (Å²) in [5.74, 6) is -1.15. The van der Waals surface area contributed by atoms with E-state index in [1.165, 1.54) is 10.5 Å². The summed E-state index contributed by atoms with van der Waals surface area (Å²) >= 11 is 6.14. The highest BCUT2D eigenvalue weighted by atomic mass is 35.5. The van der Waals surface area contributed by atoms with Gasteiger partial charge < -0.3 is 0 Å². The average Bonchev–Trinajstić information content (AvgIpc) is 3.45. The number of imide groups is 1. The second-order valence-electron chi connectivity index (χ2n) is 8.54. The standard InChI is InChI=1S/C28H20ClNO2/c29-19-12-7-13-20(16-19)30-27(31)25-21-14-15-22(26(25)28(30)32)24(21)23(17-8-3-1-4-9-17)18-10-5-2-6-11-18/h1-16,21-22,25-26H/t21-,22-,25-,26-/m1/s1. The fraction of sp³-hybridized carbons (Fsp3) is 0.143. The van der Waals surface area contributed by atoms with Crippen LogP contribution in [0.3, 0.4) is 0 Å². The van der Waals surface area contributed by atoms with E-state index in [0.717, 1.165) is 16.7 Å². The first-order valence-electron chi connectivity index (χ1n) is 10.8. The lowest BCUT2D eigenvalue weighted by molar-refractivity contribution is -0.122. The third kappa shape index (κ3) is 2.74. The summed E-state index contributed by atoms with van der Waals surface area (Å²) in [6, 6.07) is 27.5. The molecule has 4 heteroatoms. The number of hydrogen-bond acceptors (Lipinski definition) is 2. The lowest BCUT2D eigenvalue weighted by Crippen LogP contribution is -2.33. The van der Waals surface area contributed by atoms with E-state index in [4.69, 9.17) is 11.6 Å². The van der Waals surface area contributed by atoms with Crippen molar-refractivity contribution in [3.63, 3.8) is 0 Å². The SMILES string of the molecule is O=C1[C@H]2[C@H](C(=O)N1c1cccc(Cl)c1)[C@@H]1C=C[C@@H]2C1=C(c1ccccc1)c1ccccc1. The molecule has 156 valence electrons. The highest BCUT2D eigenvalue weighted by Gasteiger charge is 2.62. The van der Waals surface area contributed by atoms with Gasteiger partial charge in [-0.25, -0.2) is 4.90 Å². The highest BCUT2D eigenvalue weighted by molar-refractivity contribution is 6.31. The van der Waals surface area contributed by atoms with Crippen molar-refractivity contribution in [2.75, 3.05) is 4.90 Å². The van der Waals surface area contributed by atoms with Gasteiger partial charge in [0.2, 0.25) is 11.8 Å². The maximum Gasteiger partial charge on any atom is 0.238 e. The van der Waals surface area contributed by atoms with Crippen molar-refractivity contribution >= 4 is 34.7 Å². The van der Waals surface area contributed by atoms with Gasteiger partial charge in [-0.15, -0.1) is 0 Å². The molecule has 2 bridgehead atoms. The lowest BCUT2D eigenvalue weighted by atomic mass is 9.85. The molecule has 4 atom stereocenters. The topological polar surface area (TPSA) is 37.4 Å². The van der Waals surface area contributed by atoms with Crippen LogP contribution in [0.2, 0.25) is 5.02 Å². The Bertz CT molecular complexity index is 1220. The van der Waals surface area contributed by atoms with Gasteiger partial charge in [0.1, 0.15) is 0 Å². The number of amides is 2. The second-order valence-corrected chi connectivity index (χ2v) is 8.98. The molecular weight excluding hydrogens is 418 g/mol. The molecule has 6 rings (SSSR count). The Morgan fingerprint density at radius 3 is 1.72 bits per heavy atom. The molecule has 2 amide bonds. The van der Waals surface area contributed by atoms with Gasteiger partial charge >= 0.3 is 0 Å². The zero-order valence-corrected chi connectivity index (χ0v) is 17.9. The molecule has 3 aromatic rings. The maximum absolute atomic E-state index is 13.5. The van der Waals surface area contributed by atoms with Crippen LogP contribution in [0.1, 0.15) is 11.1 Å². The second kappa shape index (κ2) is 7.32. The Morgan fingerprint density at radius 1 is 0.688 bits per heavy atom. The van der Waals surface area contributed by atoms with Gasteiger partial charge in [-0.2, -0.15) is 0 Å². The van der Waals surface area contributed by atoms with Crippen LogP contribution in [-0.2, 0) is 9.59 Å². The quantitative estimate of drug-likeness (QED) is 0.385. The van der Waals surface area contributed by atoms with Crippen LogP contribution in [0.15, 0.2) is 103 Å². The first-order valence-corrected chi connectivity index (χ1v) is 11.2. The Labute approximate surface area is 191 Å². The smallest absolute Gasteiger partial charge is 0.238 e. The summed E-state index contributed by atoms with van der Waals surface area (Å²) in [5.41, 5.74) is 5.09. The fourth-order valence-corrected chi connectivity index (χ4v) is 5.86. The van der Waals surface area contributed by atoms with Gasteiger partial charge in [0.15, 0.2) is 0 Å². The van der Waals surface area contributed by atoms with Crippen LogP contribution in [0.5, 0.6) is 0 Å². The third-order valence-electron chi connectivity index (χ3n) is 6.90. The number of carbonyl (C=O) groups excluding carboxylic acids is 2. The van der Waals surface area contributed by atoms with Gasteiger partial charge in [-0.3, -0.25) is 9.59 Å². The van der Waals surface area contributed by atoms with Gasteiger partial charge in [-0.05, 0) is 40.5 Å². The molecule has 0 radical (unpaired) electrons. The van der Waals surface area contributed by atoms with Gasteiger partial charge in [0.05, 0.1) is 17.5 Å². The van der Waals surface area contributed by atoms with Crippen molar-refractivity contribution in [2.45, 2.75) is 0 Å². The van der Waals surface area contributed by atoms with Crippen LogP contribution in [-0.4, -0.2) is 11.8 Å². The Hall–Kier alpha value is -3.43. The van der Waals surface area contributed by atoms with Crippen LogP contribution < -0.4 is 4.90 Å². The monoisotopic (exact) mass is 437 g/mol. The van der Waals surface area contributed by atoms with Crippen molar-refractivity contribution in [2.24, 2.45) is 23.7 Å². The summed E-state index contributed by atoms with van der Waals surface area (Å²) in [6.45, 7) is 0. The number of halogens is 1. The minimum atomic E-state index is -0.367. The molecule has 32 heavy (non-hydrogen) atoms. The molecule has 2 fully saturated rings. The lowest BCUT2D eigenvalue weighted by Gasteiger charge is -2.21. The van der Waals surface area contributed by atoms with Gasteiger partial charge in [0, 0.05) is 16.9 Å². The van der Waals surface area contributed by atoms with E-state index in [2.05, 4.69) is 36.4 Å². The number of anilines is 1. The molecule has 0 unspecified atom stereocenters. The molecule has 1 saturated carbocycles. The molecule has 0 spiro atoms. The van der Waals surface area contributed by atoms with E-state index >= 15 is 0 Å². The van der Waals surface area contributed by atoms with Crippen molar-refractivity contribution in [1.29, 1.82) is 0 Å². The van der Waals surface area contributed by atoms with Crippen molar-refractivity contribution in [3.8, 4) is 0 Å². The molecule has 0 N–H and O–H groups in total. The Balaban J connectivity index is 1.49. The third-order valence-corrected chi connectivity index (χ3v) is 7.13. The number of hydrogen-bond donors (Lipinski definition) is 0. The molecule has 0 aromatic heterocycles. The van der Waals surface area contributed by atoms with Crippen LogP contribution in [0.4, 0.5) is 5.69 Å². The van der Waals surface area contributed by atoms with Crippen LogP contribution in [0, 0.1) is 23.7 Å². The molecule has 3 aliphatic rings. The first kappa shape index (κ1) is 19.3. The minimum absolute atomic E-state index is 0.0824. The number of nitrogens with zero attached hydrogens (tertiary/aromatic N) is 1. The minimum Gasteiger partial charge on any atom is -0.274 e. The van der Waals surface area contributed by atoms with Gasteiger partial charge in [-0.1, -0.05) is 90.5 Å². The van der Waals surface area contributed by atoms with E-state index < -0.39 is 0 Å². The number of fused-ring (bicyclic) bond motifs is 5. The molecule has 1 saturated heterocycles. The number of carbonyl (C=O) groups is 2. The molecular formula is C28H20ClNO2. The van der Waals surface area contributed by atoms with E-state index in [0.29, 0.717) is 10.7 Å². The molecule has 1 aliphatic heterocycles. The fourth-order valence-electron chi connectivity index (χ4n) is 5.68. The molecule has 2 aliphatic carbocycles. The predicted octanol–water partition coefficient (Wildman–Crippen LogP) is 5.76. The van der Waals surface area contributed by atoms with Crippen molar-refractivity contribution < 1.29 is 9.59 Å². The zero-order valence-electron chi connectivity index (χ0n) is 17.2. The van der Waals surface area contributed by atoms with Crippen molar-refractivity contribution in [1.82, 2.24) is 0 Å². The number of allylic oxidation sites excluding steroid dienone is 3. The summed E-state index contributed by atoms with van der Waals surface area (Å²) in [7, 11) is 0. The van der Waals surface area contributed by atoms with Crippen molar-refractivity contribution in [3.05, 3.63) is 119 Å². The summed E-state index contributed by atoms with van der Waals surface area (Å²) in [6.07, 6.45) is 4.25. The number of rotatable bonds is 3. The van der Waals surface area contributed by atoms with E-state index in [1.807, 2.05) is 36.4 Å². The van der Waals surface area contributed by atoms with E-state index in [-0.39, 0.29) is 35.5 Å². The summed E-state index contributed by atoms with van der Waals surface area (Å²) in [4.78, 5) is 28.4. The van der Waals surface area contributed by atoms with E-state index in [9.17, 15) is 9.59 Å². The molecule has 1 heterocycles. The predicted molar refractivity (Wildman–Crippen MR) is 126 cm³/mol. The summed E-state index contributed by atoms with van der Waals surface area (Å²) < 4.78 is 0. The maximum atomic E-state index is 13.5. The molecule has 3 aromatic carbocycles. The van der Waals surface area contributed by atoms with Gasteiger partial charge in [0.25, 0.3) is 0 Å². The van der Waals surface area contributed by atoms with Crippen LogP contribution >= 0.6 is 11.6 Å². The first-order chi connectivity index (χ1) is 15.6. The highest BCUT2D eigenvalue weighted by Crippen LogP contribution is 2.58. The number of benzene rings is 3. The largest absolute Gasteiger partial charge is 0.274 e. The molecule has 3 nitrogen and oxygen atoms in total. The van der Waals surface area contributed by atoms with E-state index in [1.54, 1.807) is 24.3 Å². The Morgan fingerprint density at radius 2 is 1.22 bits per heavy atom. The normalized spacial score (nSPS) is 25.5. The van der Waals surface area contributed by atoms with Crippen LogP contribution in [0.25, 0.3) is 5.57 Å². The Kier molecular flexibility index (Phi) is 4.41. The summed E-state index contributed by atoms with van der Waals surface area (Å²) in [5, 5.41) is 0.511. The zero-order chi connectivity index (χ0) is 21.8. The average molecular weight is 438 g/mol.